The molecule has 1 saturated heterocycles. The molecule has 1 aliphatic rings. The molecule has 1 unspecified atom stereocenters. The summed E-state index contributed by atoms with van der Waals surface area (Å²) >= 11 is 8.01. The molecule has 4 rings (SSSR count). The van der Waals surface area contributed by atoms with Gasteiger partial charge >= 0.3 is 0 Å². The van der Waals surface area contributed by atoms with Crippen LogP contribution in [0.15, 0.2) is 18.2 Å². The number of fused-ring (bicyclic) bond motifs is 1. The molecule has 0 aliphatic carbocycles. The fourth-order valence-electron chi connectivity index (χ4n) is 4.25. The summed E-state index contributed by atoms with van der Waals surface area (Å²) in [7, 11) is 0. The summed E-state index contributed by atoms with van der Waals surface area (Å²) in [5.74, 6) is 0.922. The summed E-state index contributed by atoms with van der Waals surface area (Å²) in [5.41, 5.74) is 4.99. The third kappa shape index (κ3) is 3.51. The van der Waals surface area contributed by atoms with Crippen molar-refractivity contribution in [1.82, 2.24) is 9.97 Å². The van der Waals surface area contributed by atoms with Crippen LogP contribution in [0.3, 0.4) is 0 Å². The third-order valence-electron chi connectivity index (χ3n) is 5.84. The van der Waals surface area contributed by atoms with Gasteiger partial charge in [-0.25, -0.2) is 4.98 Å². The average Bonchev–Trinajstić information content (AvgIpc) is 2.99. The maximum atomic E-state index is 9.56. The molecule has 1 N–H and O–H groups in total. The second kappa shape index (κ2) is 7.97. The van der Waals surface area contributed by atoms with Crippen LogP contribution in [0.4, 0.5) is 5.82 Å². The van der Waals surface area contributed by atoms with E-state index in [4.69, 9.17) is 16.6 Å². The minimum absolute atomic E-state index is 0.190. The number of piperidine rings is 1. The van der Waals surface area contributed by atoms with Gasteiger partial charge in [-0.15, -0.1) is 11.3 Å². The number of benzene rings is 1. The second-order valence-corrected chi connectivity index (χ2v) is 9.23. The molecule has 2 aromatic heterocycles. The van der Waals surface area contributed by atoms with Crippen LogP contribution in [-0.4, -0.2) is 34.3 Å². The van der Waals surface area contributed by atoms with Crippen LogP contribution in [-0.2, 0) is 0 Å². The van der Waals surface area contributed by atoms with E-state index in [9.17, 15) is 5.11 Å². The van der Waals surface area contributed by atoms with E-state index in [-0.39, 0.29) is 6.61 Å². The molecule has 0 bridgehead atoms. The number of aryl methyl sites for hydroxylation is 3. The Hall–Kier alpha value is -1.69. The van der Waals surface area contributed by atoms with Gasteiger partial charge in [0.05, 0.1) is 5.39 Å². The molecule has 148 valence electrons. The predicted octanol–water partition coefficient (Wildman–Crippen LogP) is 5.68. The van der Waals surface area contributed by atoms with Crippen molar-refractivity contribution in [2.45, 2.75) is 52.5 Å². The normalized spacial score (nSPS) is 17.5. The van der Waals surface area contributed by atoms with Crippen LogP contribution in [0.5, 0.6) is 0 Å². The Bertz CT molecular complexity index is 1010. The molecule has 0 amide bonds. The second-order valence-electron chi connectivity index (χ2n) is 7.68. The Kier molecular flexibility index (Phi) is 5.59. The lowest BCUT2D eigenvalue weighted by Gasteiger charge is -2.37. The van der Waals surface area contributed by atoms with E-state index in [0.717, 1.165) is 41.8 Å². The lowest BCUT2D eigenvalue weighted by molar-refractivity contribution is 0.262. The van der Waals surface area contributed by atoms with Crippen LogP contribution >= 0.6 is 22.9 Å². The van der Waals surface area contributed by atoms with Gasteiger partial charge in [0.1, 0.15) is 10.6 Å². The molecule has 0 saturated carbocycles. The number of hydrogen-bond donors (Lipinski definition) is 1. The highest BCUT2D eigenvalue weighted by molar-refractivity contribution is 7.19. The van der Waals surface area contributed by atoms with Crippen LogP contribution in [0, 0.1) is 20.8 Å². The van der Waals surface area contributed by atoms with Crippen molar-refractivity contribution in [3.05, 3.63) is 39.5 Å². The largest absolute Gasteiger partial charge is 0.396 e. The van der Waals surface area contributed by atoms with E-state index in [2.05, 4.69) is 48.9 Å². The van der Waals surface area contributed by atoms with Crippen molar-refractivity contribution in [3.63, 3.8) is 0 Å². The Morgan fingerprint density at radius 2 is 2.00 bits per heavy atom. The van der Waals surface area contributed by atoms with Gasteiger partial charge in [0.15, 0.2) is 0 Å². The first-order valence-corrected chi connectivity index (χ1v) is 11.1. The first kappa shape index (κ1) is 19.6. The van der Waals surface area contributed by atoms with Crippen molar-refractivity contribution in [2.24, 2.45) is 0 Å². The standard InChI is InChI=1S/C22H26ClN3OS/c1-13-7-8-16(12-14(13)2)18-15(3)28-21-19(18)20(24-22(23)25-21)26-10-5-4-6-17(26)9-11-27/h7-8,12,17,27H,4-6,9-11H2,1-3H3. The Labute approximate surface area is 175 Å². The van der Waals surface area contributed by atoms with Gasteiger partial charge in [0.2, 0.25) is 5.28 Å². The van der Waals surface area contributed by atoms with Crippen molar-refractivity contribution >= 4 is 39.0 Å². The number of aliphatic hydroxyl groups excluding tert-OH is 1. The summed E-state index contributed by atoms with van der Waals surface area (Å²) < 4.78 is 0. The molecule has 6 heteroatoms. The van der Waals surface area contributed by atoms with Gasteiger partial charge in [0, 0.05) is 29.6 Å². The van der Waals surface area contributed by atoms with E-state index in [0.29, 0.717) is 11.3 Å². The van der Waals surface area contributed by atoms with E-state index in [1.54, 1.807) is 11.3 Å². The van der Waals surface area contributed by atoms with E-state index < -0.39 is 0 Å². The smallest absolute Gasteiger partial charge is 0.225 e. The molecule has 3 heterocycles. The van der Waals surface area contributed by atoms with Gasteiger partial charge in [0.25, 0.3) is 0 Å². The minimum atomic E-state index is 0.190. The molecule has 0 spiro atoms. The van der Waals surface area contributed by atoms with Crippen LogP contribution in [0.2, 0.25) is 5.28 Å². The topological polar surface area (TPSA) is 49.2 Å². The van der Waals surface area contributed by atoms with Crippen molar-refractivity contribution in [2.75, 3.05) is 18.1 Å². The van der Waals surface area contributed by atoms with Crippen LogP contribution < -0.4 is 4.90 Å². The van der Waals surface area contributed by atoms with Crippen LogP contribution in [0.25, 0.3) is 21.3 Å². The number of aliphatic hydroxyl groups is 1. The highest BCUT2D eigenvalue weighted by Crippen LogP contribution is 2.43. The zero-order valence-corrected chi connectivity index (χ0v) is 18.2. The van der Waals surface area contributed by atoms with Gasteiger partial charge in [-0.05, 0) is 74.7 Å². The lowest BCUT2D eigenvalue weighted by Crippen LogP contribution is -2.40. The van der Waals surface area contributed by atoms with Gasteiger partial charge in [-0.3, -0.25) is 0 Å². The van der Waals surface area contributed by atoms with Crippen LogP contribution in [0.1, 0.15) is 41.7 Å². The number of aromatic nitrogens is 2. The third-order valence-corrected chi connectivity index (χ3v) is 7.01. The highest BCUT2D eigenvalue weighted by Gasteiger charge is 2.28. The summed E-state index contributed by atoms with van der Waals surface area (Å²) in [4.78, 5) is 13.8. The molecule has 1 aliphatic heterocycles. The molecule has 4 nitrogen and oxygen atoms in total. The molecule has 1 aromatic carbocycles. The monoisotopic (exact) mass is 415 g/mol. The quantitative estimate of drug-likeness (QED) is 0.557. The maximum absolute atomic E-state index is 9.56. The van der Waals surface area contributed by atoms with E-state index in [1.807, 2.05) is 0 Å². The van der Waals surface area contributed by atoms with Gasteiger partial charge in [-0.1, -0.05) is 18.2 Å². The first-order chi connectivity index (χ1) is 13.5. The first-order valence-electron chi connectivity index (χ1n) is 9.91. The fraction of sp³-hybridized carbons (Fsp3) is 0.455. The SMILES string of the molecule is Cc1ccc(-c2c(C)sc3nc(Cl)nc(N4CCCCC4CCO)c23)cc1C. The summed E-state index contributed by atoms with van der Waals surface area (Å²) in [6, 6.07) is 6.92. The Morgan fingerprint density at radius 1 is 1.18 bits per heavy atom. The number of hydrogen-bond acceptors (Lipinski definition) is 5. The number of thiophene rings is 1. The van der Waals surface area contributed by atoms with E-state index >= 15 is 0 Å². The van der Waals surface area contributed by atoms with Crippen molar-refractivity contribution in [1.29, 1.82) is 0 Å². The average molecular weight is 416 g/mol. The zero-order valence-electron chi connectivity index (χ0n) is 16.6. The molecule has 1 atom stereocenters. The Morgan fingerprint density at radius 3 is 2.75 bits per heavy atom. The van der Waals surface area contributed by atoms with Crippen molar-refractivity contribution in [3.8, 4) is 11.1 Å². The molecule has 28 heavy (non-hydrogen) atoms. The van der Waals surface area contributed by atoms with Gasteiger partial charge < -0.3 is 10.0 Å². The summed E-state index contributed by atoms with van der Waals surface area (Å²) in [6.07, 6.45) is 4.15. The molecular formula is C22H26ClN3OS. The molecule has 3 aromatic rings. The van der Waals surface area contributed by atoms with Crippen molar-refractivity contribution < 1.29 is 5.11 Å². The molecule has 0 radical (unpaired) electrons. The number of halogens is 1. The number of rotatable bonds is 4. The van der Waals surface area contributed by atoms with E-state index in [1.165, 1.54) is 33.6 Å². The zero-order chi connectivity index (χ0) is 19.8. The molecule has 1 fully saturated rings. The highest BCUT2D eigenvalue weighted by atomic mass is 35.5. The summed E-state index contributed by atoms with van der Waals surface area (Å²) in [5, 5.41) is 11.0. The minimum Gasteiger partial charge on any atom is -0.396 e. The Balaban J connectivity index is 1.94. The number of anilines is 1. The maximum Gasteiger partial charge on any atom is 0.225 e. The lowest BCUT2D eigenvalue weighted by atomic mass is 9.96. The molecular weight excluding hydrogens is 390 g/mol. The fourth-order valence-corrected chi connectivity index (χ4v) is 5.50. The predicted molar refractivity (Wildman–Crippen MR) is 119 cm³/mol. The summed E-state index contributed by atoms with van der Waals surface area (Å²) in [6.45, 7) is 7.57. The van der Waals surface area contributed by atoms with Gasteiger partial charge in [-0.2, -0.15) is 4.98 Å². The number of nitrogens with zero attached hydrogens (tertiary/aromatic N) is 3.